The van der Waals surface area contributed by atoms with Gasteiger partial charge in [-0.25, -0.2) is 9.59 Å². The number of urea groups is 1. The van der Waals surface area contributed by atoms with Crippen LogP contribution in [-0.4, -0.2) is 31.1 Å². The van der Waals surface area contributed by atoms with Crippen LogP contribution in [-0.2, 0) is 16.1 Å². The van der Waals surface area contributed by atoms with Gasteiger partial charge in [-0.2, -0.15) is 0 Å². The average molecular weight is 279 g/mol. The van der Waals surface area contributed by atoms with Gasteiger partial charge >= 0.3 is 12.0 Å². The van der Waals surface area contributed by atoms with Gasteiger partial charge in [0.1, 0.15) is 6.04 Å². The van der Waals surface area contributed by atoms with Gasteiger partial charge in [-0.3, -0.25) is 4.79 Å². The van der Waals surface area contributed by atoms with Crippen LogP contribution < -0.4 is 16.4 Å². The molecule has 1 rings (SSSR count). The van der Waals surface area contributed by atoms with Crippen molar-refractivity contribution in [2.75, 3.05) is 7.11 Å². The minimum Gasteiger partial charge on any atom is -0.467 e. The van der Waals surface area contributed by atoms with Crippen molar-refractivity contribution in [3.05, 3.63) is 35.4 Å². The average Bonchev–Trinajstić information content (AvgIpc) is 2.44. The third-order valence-corrected chi connectivity index (χ3v) is 2.59. The molecule has 7 nitrogen and oxygen atoms in total. The lowest BCUT2D eigenvalue weighted by Gasteiger charge is -2.11. The van der Waals surface area contributed by atoms with Gasteiger partial charge in [0.25, 0.3) is 5.91 Å². The lowest BCUT2D eigenvalue weighted by molar-refractivity contribution is -0.142. The molecule has 0 spiro atoms. The highest BCUT2D eigenvalue weighted by molar-refractivity contribution is 5.96. The van der Waals surface area contributed by atoms with Gasteiger partial charge in [-0.15, -0.1) is 0 Å². The first-order valence-electron chi connectivity index (χ1n) is 5.95. The predicted molar refractivity (Wildman–Crippen MR) is 71.8 cm³/mol. The van der Waals surface area contributed by atoms with Crippen LogP contribution in [0.15, 0.2) is 24.3 Å². The van der Waals surface area contributed by atoms with Crippen LogP contribution in [0, 0.1) is 0 Å². The molecule has 1 aromatic carbocycles. The Morgan fingerprint density at radius 1 is 1.25 bits per heavy atom. The summed E-state index contributed by atoms with van der Waals surface area (Å²) in [6.45, 7) is 1.82. The molecule has 0 saturated heterocycles. The molecule has 1 atom stereocenters. The fourth-order valence-corrected chi connectivity index (χ4v) is 1.48. The number of rotatable bonds is 5. The number of hydrogen-bond acceptors (Lipinski definition) is 4. The fourth-order valence-electron chi connectivity index (χ4n) is 1.48. The predicted octanol–water partition coefficient (Wildman–Crippen LogP) is 0.146. The molecule has 0 saturated carbocycles. The molecule has 0 aliphatic carbocycles. The second-order valence-electron chi connectivity index (χ2n) is 4.13. The van der Waals surface area contributed by atoms with Crippen LogP contribution in [0.3, 0.4) is 0 Å². The van der Waals surface area contributed by atoms with E-state index in [1.165, 1.54) is 14.0 Å². The zero-order chi connectivity index (χ0) is 15.1. The summed E-state index contributed by atoms with van der Waals surface area (Å²) < 4.78 is 4.52. The number of nitrogens with two attached hydrogens (primary N) is 1. The Bertz CT molecular complexity index is 499. The lowest BCUT2D eigenvalue weighted by Crippen LogP contribution is -2.39. The topological polar surface area (TPSA) is 111 Å². The Morgan fingerprint density at radius 3 is 2.35 bits per heavy atom. The van der Waals surface area contributed by atoms with Gasteiger partial charge in [-0.05, 0) is 24.6 Å². The number of benzene rings is 1. The van der Waals surface area contributed by atoms with Crippen molar-refractivity contribution < 1.29 is 19.1 Å². The second kappa shape index (κ2) is 7.13. The maximum atomic E-state index is 11.8. The van der Waals surface area contributed by atoms with Crippen LogP contribution in [0.25, 0.3) is 0 Å². The number of nitrogens with one attached hydrogen (secondary N) is 2. The molecule has 0 bridgehead atoms. The van der Waals surface area contributed by atoms with Crippen LogP contribution in [0.2, 0.25) is 0 Å². The summed E-state index contributed by atoms with van der Waals surface area (Å²) >= 11 is 0. The summed E-state index contributed by atoms with van der Waals surface area (Å²) in [7, 11) is 1.26. The maximum absolute atomic E-state index is 11.8. The number of carbonyl (C=O) groups is 3. The molecule has 7 heteroatoms. The normalized spacial score (nSPS) is 11.3. The summed E-state index contributed by atoms with van der Waals surface area (Å²) in [6, 6.07) is 5.23. The second-order valence-corrected chi connectivity index (χ2v) is 4.13. The van der Waals surface area contributed by atoms with E-state index in [2.05, 4.69) is 15.4 Å². The van der Waals surface area contributed by atoms with Crippen LogP contribution in [0.5, 0.6) is 0 Å². The Labute approximate surface area is 116 Å². The lowest BCUT2D eigenvalue weighted by atomic mass is 10.1. The number of methoxy groups -OCH3 is 1. The van der Waals surface area contributed by atoms with Crippen LogP contribution >= 0.6 is 0 Å². The molecule has 0 aliphatic heterocycles. The first-order chi connectivity index (χ1) is 9.43. The first-order valence-corrected chi connectivity index (χ1v) is 5.95. The smallest absolute Gasteiger partial charge is 0.328 e. The SMILES string of the molecule is COC(=O)C(C)NC(=O)c1ccc(CNC(N)=O)cc1. The van der Waals surface area contributed by atoms with E-state index in [4.69, 9.17) is 5.73 Å². The molecular formula is C13H17N3O4. The molecule has 1 aromatic rings. The summed E-state index contributed by atoms with van der Waals surface area (Å²) in [5.41, 5.74) is 6.17. The molecule has 20 heavy (non-hydrogen) atoms. The molecule has 0 aromatic heterocycles. The van der Waals surface area contributed by atoms with Gasteiger partial charge in [0.15, 0.2) is 0 Å². The van der Waals surface area contributed by atoms with Crippen molar-refractivity contribution in [3.63, 3.8) is 0 Å². The Hall–Kier alpha value is -2.57. The van der Waals surface area contributed by atoms with E-state index >= 15 is 0 Å². The molecule has 0 aliphatic rings. The van der Waals surface area contributed by atoms with Gasteiger partial charge in [-0.1, -0.05) is 12.1 Å². The van der Waals surface area contributed by atoms with E-state index in [9.17, 15) is 14.4 Å². The van der Waals surface area contributed by atoms with Gasteiger partial charge in [0.2, 0.25) is 0 Å². The zero-order valence-corrected chi connectivity index (χ0v) is 11.3. The minimum atomic E-state index is -0.719. The van der Waals surface area contributed by atoms with E-state index in [1.807, 2.05) is 0 Å². The van der Waals surface area contributed by atoms with E-state index in [1.54, 1.807) is 24.3 Å². The summed E-state index contributed by atoms with van der Waals surface area (Å²) in [6.07, 6.45) is 0. The Kier molecular flexibility index (Phi) is 5.52. The summed E-state index contributed by atoms with van der Waals surface area (Å²) in [5.74, 6) is -0.891. The summed E-state index contributed by atoms with van der Waals surface area (Å²) in [5, 5.41) is 4.96. The molecule has 1 unspecified atom stereocenters. The number of carbonyl (C=O) groups excluding carboxylic acids is 3. The summed E-state index contributed by atoms with van der Waals surface area (Å²) in [4.78, 5) is 33.6. The number of amides is 3. The fraction of sp³-hybridized carbons (Fsp3) is 0.308. The Balaban J connectivity index is 2.61. The van der Waals surface area contributed by atoms with Crippen molar-refractivity contribution in [3.8, 4) is 0 Å². The molecular weight excluding hydrogens is 262 g/mol. The maximum Gasteiger partial charge on any atom is 0.328 e. The number of esters is 1. The quantitative estimate of drug-likeness (QED) is 0.666. The zero-order valence-electron chi connectivity index (χ0n) is 11.3. The highest BCUT2D eigenvalue weighted by Crippen LogP contribution is 2.05. The molecule has 0 radical (unpaired) electrons. The number of ether oxygens (including phenoxy) is 1. The van der Waals surface area contributed by atoms with Gasteiger partial charge in [0, 0.05) is 12.1 Å². The molecule has 3 amide bonds. The monoisotopic (exact) mass is 279 g/mol. The van der Waals surface area contributed by atoms with Crippen molar-refractivity contribution >= 4 is 17.9 Å². The molecule has 0 fully saturated rings. The minimum absolute atomic E-state index is 0.287. The van der Waals surface area contributed by atoms with Crippen molar-refractivity contribution in [1.82, 2.24) is 10.6 Å². The van der Waals surface area contributed by atoms with Gasteiger partial charge in [0.05, 0.1) is 7.11 Å². The number of primary amides is 1. The van der Waals surface area contributed by atoms with Gasteiger partial charge < -0.3 is 21.1 Å². The third-order valence-electron chi connectivity index (χ3n) is 2.59. The van der Waals surface area contributed by atoms with E-state index in [0.29, 0.717) is 5.56 Å². The van der Waals surface area contributed by atoms with Crippen LogP contribution in [0.4, 0.5) is 4.79 Å². The van der Waals surface area contributed by atoms with Crippen molar-refractivity contribution in [2.45, 2.75) is 19.5 Å². The van der Waals surface area contributed by atoms with Crippen LogP contribution in [0.1, 0.15) is 22.8 Å². The third kappa shape index (κ3) is 4.60. The first kappa shape index (κ1) is 15.5. The Morgan fingerprint density at radius 2 is 1.85 bits per heavy atom. The standard InChI is InChI=1S/C13H17N3O4/c1-8(12(18)20-2)16-11(17)10-5-3-9(4-6-10)7-15-13(14)19/h3-6,8H,7H2,1-2H3,(H,16,17)(H3,14,15,19). The molecule has 0 heterocycles. The molecule has 4 N–H and O–H groups in total. The van der Waals surface area contributed by atoms with Crippen molar-refractivity contribution in [1.29, 1.82) is 0 Å². The van der Waals surface area contributed by atoms with E-state index < -0.39 is 18.0 Å². The largest absolute Gasteiger partial charge is 0.467 e. The van der Waals surface area contributed by atoms with Crippen molar-refractivity contribution in [2.24, 2.45) is 5.73 Å². The highest BCUT2D eigenvalue weighted by Gasteiger charge is 2.16. The number of hydrogen-bond donors (Lipinski definition) is 3. The molecule has 108 valence electrons. The van der Waals surface area contributed by atoms with E-state index in [-0.39, 0.29) is 12.5 Å². The van der Waals surface area contributed by atoms with E-state index in [0.717, 1.165) is 5.56 Å². The highest BCUT2D eigenvalue weighted by atomic mass is 16.5.